The van der Waals surface area contributed by atoms with E-state index in [1.807, 2.05) is 6.92 Å². The zero-order valence-corrected chi connectivity index (χ0v) is 12.3. The minimum atomic E-state index is -0.408. The molecule has 22 heavy (non-hydrogen) atoms. The van der Waals surface area contributed by atoms with Gasteiger partial charge in [-0.05, 0) is 31.0 Å². The minimum Gasteiger partial charge on any atom is -0.417 e. The number of rotatable bonds is 8. The van der Waals surface area contributed by atoms with Crippen LogP contribution in [0.15, 0.2) is 28.7 Å². The summed E-state index contributed by atoms with van der Waals surface area (Å²) >= 11 is 0. The van der Waals surface area contributed by atoms with E-state index in [0.29, 0.717) is 32.1 Å². The molecule has 0 saturated heterocycles. The van der Waals surface area contributed by atoms with Crippen molar-refractivity contribution in [3.8, 4) is 0 Å². The highest BCUT2D eigenvalue weighted by molar-refractivity contribution is 5.89. The van der Waals surface area contributed by atoms with Crippen LogP contribution in [0.25, 0.3) is 0 Å². The largest absolute Gasteiger partial charge is 0.417 e. The quantitative estimate of drug-likeness (QED) is 0.754. The summed E-state index contributed by atoms with van der Waals surface area (Å²) < 4.78 is 23.3. The predicted octanol–water partition coefficient (Wildman–Crippen LogP) is 1.96. The second-order valence-corrected chi connectivity index (χ2v) is 4.61. The molecule has 2 rings (SSSR count). The zero-order valence-electron chi connectivity index (χ0n) is 12.3. The van der Waals surface area contributed by atoms with E-state index in [0.717, 1.165) is 12.0 Å². The summed E-state index contributed by atoms with van der Waals surface area (Å²) in [6.45, 7) is 3.65. The molecule has 1 aromatic carbocycles. The van der Waals surface area contributed by atoms with Gasteiger partial charge in [0.2, 0.25) is 5.89 Å². The Hall–Kier alpha value is -2.28. The fraction of sp³-hybridized carbons (Fsp3) is 0.400. The number of benzene rings is 1. The lowest BCUT2D eigenvalue weighted by Crippen LogP contribution is -2.25. The maximum Gasteiger partial charge on any atom is 0.308 e. The first-order valence-corrected chi connectivity index (χ1v) is 7.12. The van der Waals surface area contributed by atoms with Gasteiger partial charge in [0.1, 0.15) is 5.82 Å². The molecule has 6 nitrogen and oxygen atoms in total. The van der Waals surface area contributed by atoms with Crippen LogP contribution in [0.2, 0.25) is 0 Å². The molecule has 0 saturated carbocycles. The summed E-state index contributed by atoms with van der Waals surface area (Å²) in [7, 11) is 0. The Morgan fingerprint density at radius 3 is 2.82 bits per heavy atom. The normalized spacial score (nSPS) is 10.6. The highest BCUT2D eigenvalue weighted by Gasteiger charge is 2.14. The van der Waals surface area contributed by atoms with E-state index in [4.69, 9.17) is 9.15 Å². The molecule has 0 aliphatic carbocycles. The van der Waals surface area contributed by atoms with E-state index in [1.165, 1.54) is 12.1 Å². The Balaban J connectivity index is 1.82. The SMILES string of the molecule is CCOCCCNC(=O)c1nnc(Cc2ccc(F)cc2)o1. The Labute approximate surface area is 127 Å². The van der Waals surface area contributed by atoms with Gasteiger partial charge in [-0.3, -0.25) is 4.79 Å². The van der Waals surface area contributed by atoms with E-state index >= 15 is 0 Å². The number of amides is 1. The molecule has 1 heterocycles. The van der Waals surface area contributed by atoms with Crippen LogP contribution in [-0.2, 0) is 11.2 Å². The van der Waals surface area contributed by atoms with Crippen molar-refractivity contribution in [2.45, 2.75) is 19.8 Å². The van der Waals surface area contributed by atoms with Crippen molar-refractivity contribution in [3.05, 3.63) is 47.4 Å². The number of hydrogen-bond donors (Lipinski definition) is 1. The van der Waals surface area contributed by atoms with Crippen LogP contribution in [0.1, 0.15) is 35.5 Å². The van der Waals surface area contributed by atoms with Gasteiger partial charge in [0.15, 0.2) is 0 Å². The number of halogens is 1. The first-order chi connectivity index (χ1) is 10.7. The van der Waals surface area contributed by atoms with Crippen molar-refractivity contribution in [3.63, 3.8) is 0 Å². The van der Waals surface area contributed by atoms with E-state index in [1.54, 1.807) is 12.1 Å². The van der Waals surface area contributed by atoms with Gasteiger partial charge < -0.3 is 14.5 Å². The minimum absolute atomic E-state index is 0.0754. The third kappa shape index (κ3) is 4.92. The van der Waals surface area contributed by atoms with Crippen LogP contribution in [0, 0.1) is 5.82 Å². The van der Waals surface area contributed by atoms with E-state index in [-0.39, 0.29) is 11.7 Å². The highest BCUT2D eigenvalue weighted by atomic mass is 19.1. The maximum absolute atomic E-state index is 12.8. The molecule has 7 heteroatoms. The van der Waals surface area contributed by atoms with Crippen molar-refractivity contribution in [2.24, 2.45) is 0 Å². The second-order valence-electron chi connectivity index (χ2n) is 4.61. The molecule has 1 aromatic heterocycles. The molecule has 0 aliphatic rings. The molecule has 1 N–H and O–H groups in total. The average Bonchev–Trinajstić information content (AvgIpc) is 2.98. The van der Waals surface area contributed by atoms with Crippen molar-refractivity contribution in [1.29, 1.82) is 0 Å². The van der Waals surface area contributed by atoms with Gasteiger partial charge in [-0.25, -0.2) is 4.39 Å². The number of ether oxygens (including phenoxy) is 1. The summed E-state index contributed by atoms with van der Waals surface area (Å²) in [5, 5.41) is 10.2. The van der Waals surface area contributed by atoms with Crippen LogP contribution in [-0.4, -0.2) is 35.9 Å². The van der Waals surface area contributed by atoms with Crippen LogP contribution >= 0.6 is 0 Å². The summed E-state index contributed by atoms with van der Waals surface area (Å²) in [4.78, 5) is 11.8. The number of nitrogens with one attached hydrogen (secondary N) is 1. The molecule has 0 radical (unpaired) electrons. The van der Waals surface area contributed by atoms with Crippen molar-refractivity contribution in [2.75, 3.05) is 19.8 Å². The lowest BCUT2D eigenvalue weighted by atomic mass is 10.1. The molecule has 0 spiro atoms. The average molecular weight is 307 g/mol. The van der Waals surface area contributed by atoms with Crippen molar-refractivity contribution in [1.82, 2.24) is 15.5 Å². The fourth-order valence-electron chi connectivity index (χ4n) is 1.79. The third-order valence-corrected chi connectivity index (χ3v) is 2.88. The topological polar surface area (TPSA) is 77.2 Å². The molecular formula is C15H18FN3O3. The van der Waals surface area contributed by atoms with Crippen LogP contribution in [0.4, 0.5) is 4.39 Å². The standard InChI is InChI=1S/C15H18FN3O3/c1-2-21-9-3-8-17-14(20)15-19-18-13(22-15)10-11-4-6-12(16)7-5-11/h4-7H,2-3,8-10H2,1H3,(H,17,20). The van der Waals surface area contributed by atoms with Gasteiger partial charge >= 0.3 is 11.8 Å². The highest BCUT2D eigenvalue weighted by Crippen LogP contribution is 2.09. The molecule has 0 aliphatic heterocycles. The molecule has 0 bridgehead atoms. The number of hydrogen-bond acceptors (Lipinski definition) is 5. The summed E-state index contributed by atoms with van der Waals surface area (Å²) in [6.07, 6.45) is 1.07. The van der Waals surface area contributed by atoms with Gasteiger partial charge in [0.25, 0.3) is 0 Å². The molecule has 0 atom stereocenters. The fourth-order valence-corrected chi connectivity index (χ4v) is 1.79. The lowest BCUT2D eigenvalue weighted by Gasteiger charge is -2.02. The van der Waals surface area contributed by atoms with Gasteiger partial charge in [-0.2, -0.15) is 0 Å². The Morgan fingerprint density at radius 2 is 2.09 bits per heavy atom. The van der Waals surface area contributed by atoms with Gasteiger partial charge in [-0.1, -0.05) is 12.1 Å². The number of nitrogens with zero attached hydrogens (tertiary/aromatic N) is 2. The molecule has 1 amide bonds. The molecule has 2 aromatic rings. The monoisotopic (exact) mass is 307 g/mol. The smallest absolute Gasteiger partial charge is 0.308 e. The summed E-state index contributed by atoms with van der Waals surface area (Å²) in [6, 6.07) is 5.98. The Kier molecular flexibility index (Phi) is 6.02. The first-order valence-electron chi connectivity index (χ1n) is 7.12. The zero-order chi connectivity index (χ0) is 15.8. The Bertz CT molecular complexity index is 598. The number of aromatic nitrogens is 2. The Morgan fingerprint density at radius 1 is 1.32 bits per heavy atom. The molecule has 0 unspecified atom stereocenters. The van der Waals surface area contributed by atoms with Crippen LogP contribution in [0.3, 0.4) is 0 Å². The molecule has 0 fully saturated rings. The third-order valence-electron chi connectivity index (χ3n) is 2.88. The summed E-state index contributed by atoms with van der Waals surface area (Å²) in [5.41, 5.74) is 0.828. The van der Waals surface area contributed by atoms with E-state index in [2.05, 4.69) is 15.5 Å². The van der Waals surface area contributed by atoms with Gasteiger partial charge in [0.05, 0.1) is 6.42 Å². The van der Waals surface area contributed by atoms with E-state index in [9.17, 15) is 9.18 Å². The van der Waals surface area contributed by atoms with Crippen LogP contribution < -0.4 is 5.32 Å². The van der Waals surface area contributed by atoms with Gasteiger partial charge in [-0.15, -0.1) is 10.2 Å². The lowest BCUT2D eigenvalue weighted by molar-refractivity contribution is 0.0908. The first kappa shape index (κ1) is 16.1. The second kappa shape index (κ2) is 8.23. The van der Waals surface area contributed by atoms with Crippen LogP contribution in [0.5, 0.6) is 0 Å². The van der Waals surface area contributed by atoms with Crippen molar-refractivity contribution >= 4 is 5.91 Å². The molecular weight excluding hydrogens is 289 g/mol. The van der Waals surface area contributed by atoms with Gasteiger partial charge in [0, 0.05) is 19.8 Å². The predicted molar refractivity (Wildman–Crippen MR) is 76.9 cm³/mol. The van der Waals surface area contributed by atoms with Crippen molar-refractivity contribution < 1.29 is 18.3 Å². The molecule has 118 valence electrons. The number of carbonyl (C=O) groups is 1. The van der Waals surface area contributed by atoms with E-state index < -0.39 is 5.91 Å². The maximum atomic E-state index is 12.8. The number of carbonyl (C=O) groups excluding carboxylic acids is 1. The summed E-state index contributed by atoms with van der Waals surface area (Å²) in [5.74, 6) is -0.477.